The van der Waals surface area contributed by atoms with Crippen molar-refractivity contribution in [3.63, 3.8) is 0 Å². The Kier molecular flexibility index (Phi) is 7.67. The summed E-state index contributed by atoms with van der Waals surface area (Å²) in [6.07, 6.45) is 0.610. The number of aryl methyl sites for hydroxylation is 1. The van der Waals surface area contributed by atoms with Crippen LogP contribution in [0.4, 0.5) is 0 Å². The Balaban J connectivity index is 1.81. The Morgan fingerprint density at radius 2 is 1.63 bits per heavy atom. The number of nitrogens with one attached hydrogen (secondary N) is 2. The lowest BCUT2D eigenvalue weighted by molar-refractivity contribution is -0.120. The molecule has 2 aromatic rings. The second kappa shape index (κ2) is 9.97. The van der Waals surface area contributed by atoms with E-state index < -0.39 is 0 Å². The number of ether oxygens (including phenoxy) is 2. The lowest BCUT2D eigenvalue weighted by Crippen LogP contribution is -2.37. The molecule has 2 rings (SSSR count). The fourth-order valence-corrected chi connectivity index (χ4v) is 2.98. The molecule has 7 heteroatoms. The zero-order valence-electron chi connectivity index (χ0n) is 15.6. The third-order valence-electron chi connectivity index (χ3n) is 3.99. The normalized spacial score (nSPS) is 10.2. The molecule has 2 N–H and O–H groups in total. The second-order valence-electron chi connectivity index (χ2n) is 5.95. The van der Waals surface area contributed by atoms with Gasteiger partial charge in [0.05, 0.1) is 20.8 Å². The van der Waals surface area contributed by atoms with E-state index in [1.54, 1.807) is 26.4 Å². The molecule has 0 aliphatic carbocycles. The van der Waals surface area contributed by atoms with Crippen molar-refractivity contribution in [2.45, 2.75) is 13.3 Å². The standard InChI is InChI=1S/C20H23BrN2O4/c1-13-4-6-14(7-5-13)20(25)23-12-19(24)22-9-8-15-10-17(26-2)18(27-3)11-16(15)21/h4-7,10-11H,8-9,12H2,1-3H3,(H,22,24)(H,23,25). The summed E-state index contributed by atoms with van der Waals surface area (Å²) in [4.78, 5) is 24.0. The molecule has 0 aliphatic heterocycles. The van der Waals surface area contributed by atoms with Crippen LogP contribution in [0.2, 0.25) is 0 Å². The molecule has 2 amide bonds. The summed E-state index contributed by atoms with van der Waals surface area (Å²) in [5.74, 6) is 0.753. The Morgan fingerprint density at radius 3 is 2.26 bits per heavy atom. The Bertz CT molecular complexity index is 806. The van der Waals surface area contributed by atoms with Gasteiger partial charge < -0.3 is 20.1 Å². The van der Waals surface area contributed by atoms with E-state index in [1.807, 2.05) is 31.2 Å². The summed E-state index contributed by atoms with van der Waals surface area (Å²) in [5.41, 5.74) is 2.59. The van der Waals surface area contributed by atoms with Gasteiger partial charge in [0, 0.05) is 16.6 Å². The number of rotatable bonds is 8. The number of hydrogen-bond donors (Lipinski definition) is 2. The molecular formula is C20H23BrN2O4. The van der Waals surface area contributed by atoms with Crippen LogP contribution in [0, 0.1) is 6.92 Å². The Morgan fingerprint density at radius 1 is 1.00 bits per heavy atom. The van der Waals surface area contributed by atoms with Gasteiger partial charge in [0.15, 0.2) is 11.5 Å². The van der Waals surface area contributed by atoms with Gasteiger partial charge in [-0.15, -0.1) is 0 Å². The van der Waals surface area contributed by atoms with E-state index >= 15 is 0 Å². The maximum Gasteiger partial charge on any atom is 0.251 e. The van der Waals surface area contributed by atoms with Crippen LogP contribution < -0.4 is 20.1 Å². The molecule has 0 bridgehead atoms. The zero-order chi connectivity index (χ0) is 19.8. The van der Waals surface area contributed by atoms with E-state index in [-0.39, 0.29) is 18.4 Å². The first kappa shape index (κ1) is 20.8. The minimum Gasteiger partial charge on any atom is -0.493 e. The summed E-state index contributed by atoms with van der Waals surface area (Å²) in [6.45, 7) is 2.32. The van der Waals surface area contributed by atoms with Gasteiger partial charge in [0.1, 0.15) is 0 Å². The molecule has 2 aromatic carbocycles. The molecule has 0 radical (unpaired) electrons. The van der Waals surface area contributed by atoms with E-state index in [2.05, 4.69) is 26.6 Å². The van der Waals surface area contributed by atoms with Crippen molar-refractivity contribution in [2.75, 3.05) is 27.3 Å². The van der Waals surface area contributed by atoms with Crippen LogP contribution in [0.3, 0.4) is 0 Å². The third-order valence-corrected chi connectivity index (χ3v) is 4.73. The van der Waals surface area contributed by atoms with Crippen molar-refractivity contribution in [3.05, 3.63) is 57.6 Å². The molecule has 0 spiro atoms. The van der Waals surface area contributed by atoms with Crippen molar-refractivity contribution in [1.82, 2.24) is 10.6 Å². The average Bonchev–Trinajstić information content (AvgIpc) is 2.67. The zero-order valence-corrected chi connectivity index (χ0v) is 17.2. The van der Waals surface area contributed by atoms with Crippen LogP contribution in [0.15, 0.2) is 40.9 Å². The van der Waals surface area contributed by atoms with Crippen molar-refractivity contribution in [1.29, 1.82) is 0 Å². The second-order valence-corrected chi connectivity index (χ2v) is 6.80. The van der Waals surface area contributed by atoms with Crippen molar-refractivity contribution >= 4 is 27.7 Å². The Labute approximate surface area is 167 Å². The minimum atomic E-state index is -0.271. The fraction of sp³-hybridized carbons (Fsp3) is 0.300. The Hall–Kier alpha value is -2.54. The molecular weight excluding hydrogens is 412 g/mol. The van der Waals surface area contributed by atoms with Crippen LogP contribution in [0.1, 0.15) is 21.5 Å². The number of benzene rings is 2. The van der Waals surface area contributed by atoms with Crippen molar-refractivity contribution in [2.24, 2.45) is 0 Å². The molecule has 0 saturated heterocycles. The molecule has 0 aliphatic rings. The topological polar surface area (TPSA) is 76.7 Å². The predicted molar refractivity (Wildman–Crippen MR) is 107 cm³/mol. The number of methoxy groups -OCH3 is 2. The van der Waals surface area contributed by atoms with Gasteiger partial charge >= 0.3 is 0 Å². The molecule has 0 heterocycles. The SMILES string of the molecule is COc1cc(Br)c(CCNC(=O)CNC(=O)c2ccc(C)cc2)cc1OC. The lowest BCUT2D eigenvalue weighted by atomic mass is 10.1. The third kappa shape index (κ3) is 5.99. The predicted octanol–water partition coefficient (Wildman–Crippen LogP) is 2.86. The van der Waals surface area contributed by atoms with E-state index in [4.69, 9.17) is 9.47 Å². The smallest absolute Gasteiger partial charge is 0.251 e. The van der Waals surface area contributed by atoms with E-state index in [1.165, 1.54) is 0 Å². The highest BCUT2D eigenvalue weighted by molar-refractivity contribution is 9.10. The van der Waals surface area contributed by atoms with E-state index in [9.17, 15) is 9.59 Å². The molecule has 144 valence electrons. The van der Waals surface area contributed by atoms with Crippen LogP contribution in [-0.2, 0) is 11.2 Å². The summed E-state index contributed by atoms with van der Waals surface area (Å²) in [6, 6.07) is 10.9. The first-order valence-electron chi connectivity index (χ1n) is 8.46. The first-order chi connectivity index (χ1) is 12.9. The number of halogens is 1. The van der Waals surface area contributed by atoms with E-state index in [0.29, 0.717) is 30.0 Å². The van der Waals surface area contributed by atoms with Gasteiger partial charge in [-0.05, 0) is 43.2 Å². The maximum atomic E-state index is 12.0. The highest BCUT2D eigenvalue weighted by Crippen LogP contribution is 2.33. The highest BCUT2D eigenvalue weighted by Gasteiger charge is 2.11. The van der Waals surface area contributed by atoms with Crippen LogP contribution in [-0.4, -0.2) is 39.1 Å². The molecule has 27 heavy (non-hydrogen) atoms. The van der Waals surface area contributed by atoms with Crippen LogP contribution >= 0.6 is 15.9 Å². The fourth-order valence-electron chi connectivity index (χ4n) is 2.45. The average molecular weight is 435 g/mol. The summed E-state index contributed by atoms with van der Waals surface area (Å²) in [5, 5.41) is 5.41. The van der Waals surface area contributed by atoms with Crippen molar-refractivity contribution < 1.29 is 19.1 Å². The minimum absolute atomic E-state index is 0.0696. The molecule has 0 unspecified atom stereocenters. The van der Waals surface area contributed by atoms with Gasteiger partial charge in [-0.25, -0.2) is 0 Å². The number of amides is 2. The van der Waals surface area contributed by atoms with Gasteiger partial charge in [-0.1, -0.05) is 33.6 Å². The molecule has 0 saturated carbocycles. The van der Waals surface area contributed by atoms with E-state index in [0.717, 1.165) is 15.6 Å². The molecule has 0 aromatic heterocycles. The summed E-state index contributed by atoms with van der Waals surface area (Å²) < 4.78 is 11.4. The van der Waals surface area contributed by atoms with Gasteiger partial charge in [-0.2, -0.15) is 0 Å². The first-order valence-corrected chi connectivity index (χ1v) is 9.26. The number of hydrogen-bond acceptors (Lipinski definition) is 4. The number of carbonyl (C=O) groups is 2. The van der Waals surface area contributed by atoms with Crippen molar-refractivity contribution in [3.8, 4) is 11.5 Å². The van der Waals surface area contributed by atoms with Gasteiger partial charge in [0.2, 0.25) is 5.91 Å². The maximum absolute atomic E-state index is 12.0. The van der Waals surface area contributed by atoms with Crippen LogP contribution in [0.25, 0.3) is 0 Å². The number of carbonyl (C=O) groups excluding carboxylic acids is 2. The molecule has 0 atom stereocenters. The monoisotopic (exact) mass is 434 g/mol. The molecule has 6 nitrogen and oxygen atoms in total. The summed E-state index contributed by atoms with van der Waals surface area (Å²) in [7, 11) is 3.16. The lowest BCUT2D eigenvalue weighted by Gasteiger charge is -2.12. The van der Waals surface area contributed by atoms with Gasteiger partial charge in [-0.3, -0.25) is 9.59 Å². The highest BCUT2D eigenvalue weighted by atomic mass is 79.9. The quantitative estimate of drug-likeness (QED) is 0.669. The summed E-state index contributed by atoms with van der Waals surface area (Å²) >= 11 is 3.49. The van der Waals surface area contributed by atoms with Gasteiger partial charge in [0.25, 0.3) is 5.91 Å². The van der Waals surface area contributed by atoms with Crippen LogP contribution in [0.5, 0.6) is 11.5 Å². The molecule has 0 fully saturated rings. The largest absolute Gasteiger partial charge is 0.493 e.